The van der Waals surface area contributed by atoms with Gasteiger partial charge in [-0.25, -0.2) is 0 Å². The van der Waals surface area contributed by atoms with E-state index in [1.54, 1.807) is 0 Å². The van der Waals surface area contributed by atoms with Crippen molar-refractivity contribution in [1.82, 2.24) is 20.2 Å². The molecule has 72 valence electrons. The summed E-state index contributed by atoms with van der Waals surface area (Å²) >= 11 is 0. The summed E-state index contributed by atoms with van der Waals surface area (Å²) in [6.45, 7) is 2.31. The first-order chi connectivity index (χ1) is 6.81. The van der Waals surface area contributed by atoms with E-state index in [1.807, 2.05) is 31.2 Å². The highest BCUT2D eigenvalue weighted by molar-refractivity contribution is 5.37. The highest BCUT2D eigenvalue weighted by atomic mass is 15.6. The number of nitrogens with two attached hydrogens (primary N) is 1. The fourth-order valence-corrected chi connectivity index (χ4v) is 1.21. The van der Waals surface area contributed by atoms with E-state index in [4.69, 9.17) is 5.73 Å². The standard InChI is InChI=1S/C9H11N5/c1-7-4-2-3-5-8(7)14-12-9(6-10)11-13-14/h2-5H,6,10H2,1H3. The summed E-state index contributed by atoms with van der Waals surface area (Å²) in [5.41, 5.74) is 7.44. The number of rotatable bonds is 2. The van der Waals surface area contributed by atoms with E-state index in [1.165, 1.54) is 4.80 Å². The number of para-hydroxylation sites is 1. The van der Waals surface area contributed by atoms with Crippen molar-refractivity contribution in [2.45, 2.75) is 13.5 Å². The van der Waals surface area contributed by atoms with Crippen LogP contribution in [0.25, 0.3) is 5.69 Å². The number of tetrazole rings is 1. The third-order valence-electron chi connectivity index (χ3n) is 1.97. The van der Waals surface area contributed by atoms with Crippen LogP contribution in [0.15, 0.2) is 24.3 Å². The molecule has 1 aromatic heterocycles. The van der Waals surface area contributed by atoms with Gasteiger partial charge in [0, 0.05) is 0 Å². The number of aromatic nitrogens is 4. The Balaban J connectivity index is 2.44. The molecule has 0 saturated carbocycles. The second-order valence-electron chi connectivity index (χ2n) is 2.99. The largest absolute Gasteiger partial charge is 0.324 e. The van der Waals surface area contributed by atoms with E-state index >= 15 is 0 Å². The molecule has 2 aromatic rings. The van der Waals surface area contributed by atoms with Crippen LogP contribution in [-0.4, -0.2) is 20.2 Å². The van der Waals surface area contributed by atoms with Crippen molar-refractivity contribution >= 4 is 0 Å². The van der Waals surface area contributed by atoms with Crippen molar-refractivity contribution in [3.05, 3.63) is 35.7 Å². The average Bonchev–Trinajstić information content (AvgIpc) is 2.67. The maximum absolute atomic E-state index is 5.40. The topological polar surface area (TPSA) is 69.6 Å². The van der Waals surface area contributed by atoms with Gasteiger partial charge >= 0.3 is 0 Å². The summed E-state index contributed by atoms with van der Waals surface area (Å²) in [4.78, 5) is 1.50. The van der Waals surface area contributed by atoms with Gasteiger partial charge < -0.3 is 5.73 Å². The van der Waals surface area contributed by atoms with Gasteiger partial charge in [0.05, 0.1) is 12.2 Å². The first-order valence-corrected chi connectivity index (χ1v) is 4.36. The molecule has 2 N–H and O–H groups in total. The monoisotopic (exact) mass is 189 g/mol. The van der Waals surface area contributed by atoms with Crippen LogP contribution in [-0.2, 0) is 6.54 Å². The molecule has 14 heavy (non-hydrogen) atoms. The predicted octanol–water partition coefficient (Wildman–Crippen LogP) is 0.429. The van der Waals surface area contributed by atoms with E-state index < -0.39 is 0 Å². The van der Waals surface area contributed by atoms with Gasteiger partial charge in [-0.15, -0.1) is 15.0 Å². The minimum absolute atomic E-state index is 0.311. The van der Waals surface area contributed by atoms with Gasteiger partial charge in [-0.2, -0.15) is 0 Å². The molecule has 0 bridgehead atoms. The van der Waals surface area contributed by atoms with E-state index in [0.29, 0.717) is 12.4 Å². The molecular formula is C9H11N5. The summed E-state index contributed by atoms with van der Waals surface area (Å²) in [6, 6.07) is 7.85. The quantitative estimate of drug-likeness (QED) is 0.743. The van der Waals surface area contributed by atoms with Crippen molar-refractivity contribution in [2.24, 2.45) is 5.73 Å². The molecule has 1 heterocycles. The van der Waals surface area contributed by atoms with Crippen LogP contribution in [0, 0.1) is 6.92 Å². The number of aryl methyl sites for hydroxylation is 1. The summed E-state index contributed by atoms with van der Waals surface area (Å²) in [7, 11) is 0. The Morgan fingerprint density at radius 1 is 1.36 bits per heavy atom. The van der Waals surface area contributed by atoms with Gasteiger partial charge in [-0.3, -0.25) is 0 Å². The molecule has 5 nitrogen and oxygen atoms in total. The molecule has 2 rings (SSSR count). The van der Waals surface area contributed by atoms with Gasteiger partial charge in [-0.05, 0) is 23.8 Å². The third-order valence-corrected chi connectivity index (χ3v) is 1.97. The van der Waals surface area contributed by atoms with Gasteiger partial charge in [0.1, 0.15) is 0 Å². The zero-order valence-corrected chi connectivity index (χ0v) is 7.88. The summed E-state index contributed by atoms with van der Waals surface area (Å²) in [5.74, 6) is 0.549. The normalized spacial score (nSPS) is 10.4. The van der Waals surface area contributed by atoms with Gasteiger partial charge in [0.25, 0.3) is 0 Å². The maximum atomic E-state index is 5.40. The fourth-order valence-electron chi connectivity index (χ4n) is 1.21. The Morgan fingerprint density at radius 3 is 2.79 bits per heavy atom. The van der Waals surface area contributed by atoms with Crippen LogP contribution < -0.4 is 5.73 Å². The SMILES string of the molecule is Cc1ccccc1-n1nnc(CN)n1. The Bertz CT molecular complexity index is 434. The molecule has 0 aliphatic carbocycles. The molecular weight excluding hydrogens is 178 g/mol. The van der Waals surface area contributed by atoms with E-state index in [0.717, 1.165) is 11.3 Å². The number of hydrogen-bond acceptors (Lipinski definition) is 4. The van der Waals surface area contributed by atoms with Crippen molar-refractivity contribution < 1.29 is 0 Å². The molecule has 0 saturated heterocycles. The minimum atomic E-state index is 0.311. The highest BCUT2D eigenvalue weighted by Crippen LogP contribution is 2.09. The molecule has 0 aliphatic rings. The minimum Gasteiger partial charge on any atom is -0.324 e. The maximum Gasteiger partial charge on any atom is 0.188 e. The smallest absolute Gasteiger partial charge is 0.188 e. The molecule has 0 amide bonds. The van der Waals surface area contributed by atoms with Crippen molar-refractivity contribution in [2.75, 3.05) is 0 Å². The molecule has 0 fully saturated rings. The first kappa shape index (κ1) is 8.83. The molecule has 0 unspecified atom stereocenters. The zero-order valence-electron chi connectivity index (χ0n) is 7.88. The Hall–Kier alpha value is -1.75. The van der Waals surface area contributed by atoms with Crippen molar-refractivity contribution in [3.8, 4) is 5.69 Å². The Morgan fingerprint density at radius 2 is 2.14 bits per heavy atom. The van der Waals surface area contributed by atoms with E-state index in [2.05, 4.69) is 15.4 Å². The predicted molar refractivity (Wildman–Crippen MR) is 51.8 cm³/mol. The van der Waals surface area contributed by atoms with Crippen LogP contribution in [0.2, 0.25) is 0 Å². The molecule has 5 heteroatoms. The number of benzene rings is 1. The van der Waals surface area contributed by atoms with Crippen LogP contribution in [0.4, 0.5) is 0 Å². The second-order valence-corrected chi connectivity index (χ2v) is 2.99. The fraction of sp³-hybridized carbons (Fsp3) is 0.222. The molecule has 0 radical (unpaired) electrons. The lowest BCUT2D eigenvalue weighted by molar-refractivity contribution is 0.713. The molecule has 1 aromatic carbocycles. The molecule has 0 aliphatic heterocycles. The highest BCUT2D eigenvalue weighted by Gasteiger charge is 2.04. The second kappa shape index (κ2) is 3.55. The van der Waals surface area contributed by atoms with E-state index in [-0.39, 0.29) is 0 Å². The van der Waals surface area contributed by atoms with Crippen molar-refractivity contribution in [3.63, 3.8) is 0 Å². The third kappa shape index (κ3) is 1.49. The van der Waals surface area contributed by atoms with Crippen LogP contribution in [0.1, 0.15) is 11.4 Å². The zero-order chi connectivity index (χ0) is 9.97. The summed E-state index contributed by atoms with van der Waals surface area (Å²) in [6.07, 6.45) is 0. The summed E-state index contributed by atoms with van der Waals surface area (Å²) < 4.78 is 0. The van der Waals surface area contributed by atoms with Gasteiger partial charge in [0.15, 0.2) is 5.82 Å². The van der Waals surface area contributed by atoms with Crippen LogP contribution in [0.3, 0.4) is 0 Å². The van der Waals surface area contributed by atoms with Gasteiger partial charge in [-0.1, -0.05) is 18.2 Å². The van der Waals surface area contributed by atoms with E-state index in [9.17, 15) is 0 Å². The number of hydrogen-bond donors (Lipinski definition) is 1. The Kier molecular flexibility index (Phi) is 2.24. The lowest BCUT2D eigenvalue weighted by Crippen LogP contribution is -2.03. The van der Waals surface area contributed by atoms with Crippen LogP contribution in [0.5, 0.6) is 0 Å². The molecule has 0 spiro atoms. The van der Waals surface area contributed by atoms with Gasteiger partial charge in [0.2, 0.25) is 0 Å². The lowest BCUT2D eigenvalue weighted by atomic mass is 10.2. The summed E-state index contributed by atoms with van der Waals surface area (Å²) in [5, 5.41) is 11.9. The van der Waals surface area contributed by atoms with Crippen molar-refractivity contribution in [1.29, 1.82) is 0 Å². The lowest BCUT2D eigenvalue weighted by Gasteiger charge is -2.01. The van der Waals surface area contributed by atoms with Crippen LogP contribution >= 0.6 is 0 Å². The Labute approximate surface area is 81.5 Å². The number of nitrogens with zero attached hydrogens (tertiary/aromatic N) is 4. The molecule has 0 atom stereocenters. The first-order valence-electron chi connectivity index (χ1n) is 4.36. The average molecular weight is 189 g/mol.